The molecule has 0 N–H and O–H groups in total. The van der Waals surface area contributed by atoms with E-state index in [1.54, 1.807) is 0 Å². The average Bonchev–Trinajstić information content (AvgIpc) is 3.18. The smallest absolute Gasteiger partial charge is 0.231 e. The summed E-state index contributed by atoms with van der Waals surface area (Å²) >= 11 is 0. The number of hydrogen-bond donors (Lipinski definition) is 0. The Morgan fingerprint density at radius 1 is 1.00 bits per heavy atom. The number of fused-ring (bicyclic) bond motifs is 2. The standard InChI is InChI=1S/C17H18N4O2/c1-20-7-12-8-21(9-14(12)20)17-5-3-13(18-19-17)11-2-4-15-16(6-11)23-10-22-15/h2-6,12,14H,7-10H2,1H3/t12-,14+/m1/s1. The van der Waals surface area contributed by atoms with Gasteiger partial charge >= 0.3 is 0 Å². The van der Waals surface area contributed by atoms with Crippen LogP contribution in [0.1, 0.15) is 0 Å². The Bertz CT molecular complexity index is 749. The maximum absolute atomic E-state index is 5.42. The molecule has 5 rings (SSSR count). The van der Waals surface area contributed by atoms with Crippen molar-refractivity contribution in [3.05, 3.63) is 30.3 Å². The monoisotopic (exact) mass is 310 g/mol. The van der Waals surface area contributed by atoms with Gasteiger partial charge in [-0.3, -0.25) is 0 Å². The fraction of sp³-hybridized carbons (Fsp3) is 0.412. The van der Waals surface area contributed by atoms with Crippen LogP contribution in [0.25, 0.3) is 11.3 Å². The molecule has 3 aliphatic heterocycles. The summed E-state index contributed by atoms with van der Waals surface area (Å²) in [6.45, 7) is 3.63. The first kappa shape index (κ1) is 13.1. The number of likely N-dealkylation sites (N-methyl/N-ethyl adjacent to an activating group) is 1. The molecule has 1 aromatic heterocycles. The minimum absolute atomic E-state index is 0.287. The molecule has 4 heterocycles. The maximum Gasteiger partial charge on any atom is 0.231 e. The molecule has 0 unspecified atom stereocenters. The van der Waals surface area contributed by atoms with Crippen molar-refractivity contribution < 1.29 is 9.47 Å². The number of rotatable bonds is 2. The first-order valence-electron chi connectivity index (χ1n) is 7.97. The number of nitrogens with zero attached hydrogens (tertiary/aromatic N) is 4. The lowest BCUT2D eigenvalue weighted by atomic mass is 9.93. The summed E-state index contributed by atoms with van der Waals surface area (Å²) in [4.78, 5) is 4.76. The van der Waals surface area contributed by atoms with Crippen molar-refractivity contribution in [1.29, 1.82) is 0 Å². The summed E-state index contributed by atoms with van der Waals surface area (Å²) in [5, 5.41) is 8.84. The van der Waals surface area contributed by atoms with E-state index in [-0.39, 0.29) is 6.79 Å². The minimum Gasteiger partial charge on any atom is -0.454 e. The van der Waals surface area contributed by atoms with Gasteiger partial charge in [0.15, 0.2) is 17.3 Å². The number of benzene rings is 1. The van der Waals surface area contributed by atoms with Crippen molar-refractivity contribution >= 4 is 5.82 Å². The van der Waals surface area contributed by atoms with Gasteiger partial charge in [0.2, 0.25) is 6.79 Å². The van der Waals surface area contributed by atoms with Gasteiger partial charge in [0, 0.05) is 37.2 Å². The van der Waals surface area contributed by atoms with Crippen LogP contribution in [0.2, 0.25) is 0 Å². The first-order chi connectivity index (χ1) is 11.3. The molecule has 0 aliphatic carbocycles. The molecule has 2 atom stereocenters. The number of ether oxygens (including phenoxy) is 2. The topological polar surface area (TPSA) is 50.7 Å². The molecule has 2 fully saturated rings. The van der Waals surface area contributed by atoms with Gasteiger partial charge in [-0.1, -0.05) is 0 Å². The Hall–Kier alpha value is -2.34. The van der Waals surface area contributed by atoms with E-state index in [0.717, 1.165) is 47.6 Å². The highest BCUT2D eigenvalue weighted by Crippen LogP contribution is 2.36. The van der Waals surface area contributed by atoms with Crippen LogP contribution >= 0.6 is 0 Å². The van der Waals surface area contributed by atoms with Crippen molar-refractivity contribution in [1.82, 2.24) is 15.1 Å². The zero-order chi connectivity index (χ0) is 15.4. The molecule has 0 spiro atoms. The fourth-order valence-electron chi connectivity index (χ4n) is 3.79. The van der Waals surface area contributed by atoms with Gasteiger partial charge in [-0.2, -0.15) is 0 Å². The van der Waals surface area contributed by atoms with Gasteiger partial charge in [-0.25, -0.2) is 0 Å². The van der Waals surface area contributed by atoms with E-state index >= 15 is 0 Å². The lowest BCUT2D eigenvalue weighted by molar-refractivity contribution is 0.0827. The second-order valence-corrected chi connectivity index (χ2v) is 6.52. The third-order valence-electron chi connectivity index (χ3n) is 5.14. The Morgan fingerprint density at radius 3 is 2.70 bits per heavy atom. The number of anilines is 1. The molecule has 23 heavy (non-hydrogen) atoms. The van der Waals surface area contributed by atoms with E-state index in [1.807, 2.05) is 24.3 Å². The predicted molar refractivity (Wildman–Crippen MR) is 85.7 cm³/mol. The highest BCUT2D eigenvalue weighted by Gasteiger charge is 2.43. The van der Waals surface area contributed by atoms with Crippen LogP contribution in [-0.2, 0) is 0 Å². The van der Waals surface area contributed by atoms with Crippen LogP contribution in [-0.4, -0.2) is 54.6 Å². The number of hydrogen-bond acceptors (Lipinski definition) is 6. The first-order valence-corrected chi connectivity index (χ1v) is 7.97. The normalized spacial score (nSPS) is 25.3. The van der Waals surface area contributed by atoms with E-state index < -0.39 is 0 Å². The number of aromatic nitrogens is 2. The van der Waals surface area contributed by atoms with E-state index in [0.29, 0.717) is 6.04 Å². The van der Waals surface area contributed by atoms with E-state index in [1.165, 1.54) is 6.54 Å². The van der Waals surface area contributed by atoms with E-state index in [4.69, 9.17) is 9.47 Å². The molecule has 2 aromatic rings. The number of likely N-dealkylation sites (tertiary alicyclic amines) is 1. The summed E-state index contributed by atoms with van der Waals surface area (Å²) in [7, 11) is 2.19. The molecule has 0 bridgehead atoms. The molecule has 1 aromatic carbocycles. The van der Waals surface area contributed by atoms with Crippen LogP contribution in [0.5, 0.6) is 11.5 Å². The molecule has 118 valence electrons. The molecule has 6 nitrogen and oxygen atoms in total. The predicted octanol–water partition coefficient (Wildman–Crippen LogP) is 1.62. The molecule has 0 saturated carbocycles. The van der Waals surface area contributed by atoms with Crippen molar-refractivity contribution in [2.45, 2.75) is 6.04 Å². The van der Waals surface area contributed by atoms with Crippen LogP contribution in [0.3, 0.4) is 0 Å². The lowest BCUT2D eigenvalue weighted by Gasteiger charge is -2.40. The van der Waals surface area contributed by atoms with Crippen LogP contribution in [0, 0.1) is 5.92 Å². The second kappa shape index (κ2) is 4.83. The molecular formula is C17H18N4O2. The summed E-state index contributed by atoms with van der Waals surface area (Å²) in [5.74, 6) is 3.31. The van der Waals surface area contributed by atoms with Crippen molar-refractivity contribution in [2.75, 3.05) is 38.4 Å². The van der Waals surface area contributed by atoms with Crippen LogP contribution < -0.4 is 14.4 Å². The maximum atomic E-state index is 5.42. The van der Waals surface area contributed by atoms with Crippen LogP contribution in [0.4, 0.5) is 5.82 Å². The van der Waals surface area contributed by atoms with Gasteiger partial charge in [-0.15, -0.1) is 10.2 Å². The quantitative estimate of drug-likeness (QED) is 0.840. The lowest BCUT2D eigenvalue weighted by Crippen LogP contribution is -2.52. The van der Waals surface area contributed by atoms with Crippen molar-refractivity contribution in [2.24, 2.45) is 5.92 Å². The molecular weight excluding hydrogens is 292 g/mol. The van der Waals surface area contributed by atoms with E-state index in [2.05, 4.69) is 33.1 Å². The minimum atomic E-state index is 0.287. The van der Waals surface area contributed by atoms with Crippen molar-refractivity contribution in [3.63, 3.8) is 0 Å². The Morgan fingerprint density at radius 2 is 1.91 bits per heavy atom. The van der Waals surface area contributed by atoms with E-state index in [9.17, 15) is 0 Å². The SMILES string of the molecule is CN1C[C@@H]2CN(c3ccc(-c4ccc5c(c4)OCO5)nn3)C[C@@H]21. The van der Waals surface area contributed by atoms with Gasteiger partial charge < -0.3 is 19.3 Å². The van der Waals surface area contributed by atoms with Gasteiger partial charge in [0.05, 0.1) is 5.69 Å². The zero-order valence-corrected chi connectivity index (χ0v) is 13.0. The van der Waals surface area contributed by atoms with Crippen LogP contribution in [0.15, 0.2) is 30.3 Å². The van der Waals surface area contributed by atoms with Gasteiger partial charge in [0.1, 0.15) is 0 Å². The largest absolute Gasteiger partial charge is 0.454 e. The third-order valence-corrected chi connectivity index (χ3v) is 5.14. The molecule has 2 saturated heterocycles. The molecule has 6 heteroatoms. The zero-order valence-electron chi connectivity index (χ0n) is 13.0. The molecule has 0 radical (unpaired) electrons. The summed E-state index contributed by atoms with van der Waals surface area (Å²) in [5.41, 5.74) is 1.85. The summed E-state index contributed by atoms with van der Waals surface area (Å²) in [6, 6.07) is 10.6. The van der Waals surface area contributed by atoms with Gasteiger partial charge in [0.25, 0.3) is 0 Å². The van der Waals surface area contributed by atoms with Crippen molar-refractivity contribution in [3.8, 4) is 22.8 Å². The Labute approximate surface area is 134 Å². The average molecular weight is 310 g/mol. The summed E-state index contributed by atoms with van der Waals surface area (Å²) < 4.78 is 10.8. The Kier molecular flexibility index (Phi) is 2.76. The second-order valence-electron chi connectivity index (χ2n) is 6.52. The Balaban J connectivity index is 1.37. The highest BCUT2D eigenvalue weighted by molar-refractivity contribution is 5.64. The summed E-state index contributed by atoms with van der Waals surface area (Å²) in [6.07, 6.45) is 0. The third kappa shape index (κ3) is 2.05. The molecule has 3 aliphatic rings. The highest BCUT2D eigenvalue weighted by atomic mass is 16.7. The van der Waals surface area contributed by atoms with Gasteiger partial charge in [-0.05, 0) is 37.4 Å². The molecule has 0 amide bonds. The fourth-order valence-corrected chi connectivity index (χ4v) is 3.79.